The maximum absolute atomic E-state index is 11.4. The Morgan fingerprint density at radius 1 is 1.10 bits per heavy atom. The van der Waals surface area contributed by atoms with Gasteiger partial charge in [-0.2, -0.15) is 0 Å². The van der Waals surface area contributed by atoms with E-state index >= 15 is 0 Å². The minimum absolute atomic E-state index is 0.213. The summed E-state index contributed by atoms with van der Waals surface area (Å²) in [5.41, 5.74) is 1.000. The van der Waals surface area contributed by atoms with E-state index in [9.17, 15) is 9.90 Å². The van der Waals surface area contributed by atoms with Crippen molar-refractivity contribution in [2.75, 3.05) is 0 Å². The molecular formula is C15H10N2O2S. The van der Waals surface area contributed by atoms with Gasteiger partial charge in [-0.05, 0) is 18.2 Å². The number of fused-ring (bicyclic) bond motifs is 1. The second-order valence-electron chi connectivity index (χ2n) is 4.11. The average molecular weight is 282 g/mol. The number of pyridine rings is 2. The molecule has 2 aromatic heterocycles. The molecule has 2 heterocycles. The number of carboxylic acid groups (broad SMARTS) is 1. The third-order valence-electron chi connectivity index (χ3n) is 2.83. The van der Waals surface area contributed by atoms with Crippen LogP contribution in [0.3, 0.4) is 0 Å². The maximum Gasteiger partial charge on any atom is 0.338 e. The van der Waals surface area contributed by atoms with Gasteiger partial charge in [0.05, 0.1) is 11.1 Å². The van der Waals surface area contributed by atoms with E-state index in [-0.39, 0.29) is 5.56 Å². The largest absolute Gasteiger partial charge is 0.478 e. The first kappa shape index (κ1) is 12.6. The highest BCUT2D eigenvalue weighted by Crippen LogP contribution is 2.35. The van der Waals surface area contributed by atoms with E-state index < -0.39 is 5.97 Å². The van der Waals surface area contributed by atoms with Gasteiger partial charge in [-0.1, -0.05) is 30.0 Å². The van der Waals surface area contributed by atoms with E-state index in [1.807, 2.05) is 36.4 Å². The van der Waals surface area contributed by atoms with E-state index in [1.165, 1.54) is 18.0 Å². The van der Waals surface area contributed by atoms with Crippen LogP contribution in [0, 0.1) is 0 Å². The van der Waals surface area contributed by atoms with Crippen molar-refractivity contribution in [2.45, 2.75) is 9.79 Å². The molecule has 3 rings (SSSR count). The highest BCUT2D eigenvalue weighted by molar-refractivity contribution is 7.99. The monoisotopic (exact) mass is 282 g/mol. The maximum atomic E-state index is 11.4. The van der Waals surface area contributed by atoms with Gasteiger partial charge in [0, 0.05) is 33.8 Å². The van der Waals surface area contributed by atoms with Crippen LogP contribution >= 0.6 is 11.8 Å². The van der Waals surface area contributed by atoms with Crippen LogP contribution in [0.1, 0.15) is 10.4 Å². The standard InChI is InChI=1S/C15H10N2O2S/c18-15(19)12-9-17-13-4-2-1-3-11(13)14(12)20-10-5-7-16-8-6-10/h1-9H,(H,18,19). The lowest BCUT2D eigenvalue weighted by Gasteiger charge is -2.09. The first-order chi connectivity index (χ1) is 9.75. The zero-order valence-corrected chi connectivity index (χ0v) is 11.2. The minimum Gasteiger partial charge on any atom is -0.478 e. The second-order valence-corrected chi connectivity index (χ2v) is 5.19. The Hall–Kier alpha value is -2.40. The lowest BCUT2D eigenvalue weighted by atomic mass is 10.1. The SMILES string of the molecule is O=C(O)c1cnc2ccccc2c1Sc1ccncc1. The minimum atomic E-state index is -0.972. The number of nitrogens with zero attached hydrogens (tertiary/aromatic N) is 2. The third-order valence-corrected chi connectivity index (χ3v) is 3.98. The first-order valence-corrected chi connectivity index (χ1v) is 6.76. The number of hydrogen-bond donors (Lipinski definition) is 1. The summed E-state index contributed by atoms with van der Waals surface area (Å²) in [6, 6.07) is 11.2. The van der Waals surface area contributed by atoms with E-state index in [0.717, 1.165) is 15.8 Å². The highest BCUT2D eigenvalue weighted by Gasteiger charge is 2.15. The number of aromatic carboxylic acids is 1. The lowest BCUT2D eigenvalue weighted by Crippen LogP contribution is -2.00. The predicted octanol–water partition coefficient (Wildman–Crippen LogP) is 3.48. The van der Waals surface area contributed by atoms with Crippen molar-refractivity contribution in [3.8, 4) is 0 Å². The fourth-order valence-corrected chi connectivity index (χ4v) is 2.93. The molecule has 0 aliphatic carbocycles. The molecule has 0 saturated carbocycles. The van der Waals surface area contributed by atoms with Crippen LogP contribution in [0.2, 0.25) is 0 Å². The molecular weight excluding hydrogens is 272 g/mol. The van der Waals surface area contributed by atoms with Gasteiger partial charge < -0.3 is 5.11 Å². The van der Waals surface area contributed by atoms with E-state index in [2.05, 4.69) is 9.97 Å². The van der Waals surface area contributed by atoms with Crippen molar-refractivity contribution in [2.24, 2.45) is 0 Å². The normalized spacial score (nSPS) is 10.6. The molecule has 0 amide bonds. The number of carboxylic acids is 1. The van der Waals surface area contributed by atoms with Crippen LogP contribution in [-0.4, -0.2) is 21.0 Å². The summed E-state index contributed by atoms with van der Waals surface area (Å²) >= 11 is 1.41. The summed E-state index contributed by atoms with van der Waals surface area (Å²) in [7, 11) is 0. The van der Waals surface area contributed by atoms with Gasteiger partial charge in [-0.25, -0.2) is 4.79 Å². The summed E-state index contributed by atoms with van der Waals surface area (Å²) in [6.45, 7) is 0. The van der Waals surface area contributed by atoms with Crippen molar-refractivity contribution in [1.29, 1.82) is 0 Å². The first-order valence-electron chi connectivity index (χ1n) is 5.94. The molecule has 1 aromatic carbocycles. The summed E-state index contributed by atoms with van der Waals surface area (Å²) < 4.78 is 0. The Balaban J connectivity index is 2.20. The van der Waals surface area contributed by atoms with Crippen LogP contribution in [-0.2, 0) is 0 Å². The van der Waals surface area contributed by atoms with Crippen molar-refractivity contribution in [3.05, 3.63) is 60.6 Å². The van der Waals surface area contributed by atoms with Crippen molar-refractivity contribution in [3.63, 3.8) is 0 Å². The van der Waals surface area contributed by atoms with Gasteiger partial charge in [0.15, 0.2) is 0 Å². The Labute approximate surface area is 119 Å². The fraction of sp³-hybridized carbons (Fsp3) is 0. The zero-order valence-electron chi connectivity index (χ0n) is 10.4. The Morgan fingerprint density at radius 2 is 1.85 bits per heavy atom. The van der Waals surface area contributed by atoms with Gasteiger partial charge in [-0.15, -0.1) is 0 Å². The smallest absolute Gasteiger partial charge is 0.338 e. The quantitative estimate of drug-likeness (QED) is 0.796. The average Bonchev–Trinajstić information content (AvgIpc) is 2.48. The molecule has 0 fully saturated rings. The molecule has 98 valence electrons. The van der Waals surface area contributed by atoms with Crippen LogP contribution in [0.5, 0.6) is 0 Å². The summed E-state index contributed by atoms with van der Waals surface area (Å²) in [5, 5.41) is 10.2. The van der Waals surface area contributed by atoms with Gasteiger partial charge >= 0.3 is 5.97 Å². The number of benzene rings is 1. The van der Waals surface area contributed by atoms with Crippen LogP contribution in [0.25, 0.3) is 10.9 Å². The Bertz CT molecular complexity index is 775. The zero-order chi connectivity index (χ0) is 13.9. The molecule has 0 saturated heterocycles. The van der Waals surface area contributed by atoms with Gasteiger partial charge in [0.2, 0.25) is 0 Å². The number of para-hydroxylation sites is 1. The van der Waals surface area contributed by atoms with E-state index in [1.54, 1.807) is 12.4 Å². The molecule has 0 atom stereocenters. The molecule has 3 aromatic rings. The van der Waals surface area contributed by atoms with Crippen molar-refractivity contribution >= 4 is 28.6 Å². The molecule has 20 heavy (non-hydrogen) atoms. The molecule has 1 N–H and O–H groups in total. The van der Waals surface area contributed by atoms with E-state index in [0.29, 0.717) is 4.90 Å². The molecule has 0 spiro atoms. The Morgan fingerprint density at radius 3 is 2.60 bits per heavy atom. The van der Waals surface area contributed by atoms with Crippen molar-refractivity contribution in [1.82, 2.24) is 9.97 Å². The topological polar surface area (TPSA) is 63.1 Å². The fourth-order valence-electron chi connectivity index (χ4n) is 1.90. The van der Waals surface area contributed by atoms with E-state index in [4.69, 9.17) is 0 Å². The third kappa shape index (κ3) is 2.35. The molecule has 0 bridgehead atoms. The molecule has 0 radical (unpaired) electrons. The van der Waals surface area contributed by atoms with Crippen LogP contribution in [0.4, 0.5) is 0 Å². The molecule has 0 aliphatic rings. The highest BCUT2D eigenvalue weighted by atomic mass is 32.2. The number of hydrogen-bond acceptors (Lipinski definition) is 4. The van der Waals surface area contributed by atoms with Crippen LogP contribution in [0.15, 0.2) is 64.8 Å². The van der Waals surface area contributed by atoms with Gasteiger partial charge in [-0.3, -0.25) is 9.97 Å². The Kier molecular flexibility index (Phi) is 3.35. The number of aromatic nitrogens is 2. The summed E-state index contributed by atoms with van der Waals surface area (Å²) in [6.07, 6.45) is 4.78. The lowest BCUT2D eigenvalue weighted by molar-refractivity contribution is 0.0693. The predicted molar refractivity (Wildman–Crippen MR) is 77.1 cm³/mol. The molecule has 0 unspecified atom stereocenters. The van der Waals surface area contributed by atoms with Gasteiger partial charge in [0.1, 0.15) is 0 Å². The number of rotatable bonds is 3. The molecule has 4 nitrogen and oxygen atoms in total. The van der Waals surface area contributed by atoms with Crippen molar-refractivity contribution < 1.29 is 9.90 Å². The van der Waals surface area contributed by atoms with Crippen LogP contribution < -0.4 is 0 Å². The number of carbonyl (C=O) groups is 1. The summed E-state index contributed by atoms with van der Waals surface area (Å²) in [5.74, 6) is -0.972. The van der Waals surface area contributed by atoms with Gasteiger partial charge in [0.25, 0.3) is 0 Å². The summed E-state index contributed by atoms with van der Waals surface area (Å²) in [4.78, 5) is 21.2. The molecule has 0 aliphatic heterocycles. The second kappa shape index (κ2) is 5.30. The molecule has 5 heteroatoms.